The maximum Gasteiger partial charge on any atom is 0.303 e. The number of H-pyrrole nitrogens is 1. The van der Waals surface area contributed by atoms with Crippen molar-refractivity contribution in [3.05, 3.63) is 23.5 Å². The second kappa shape index (κ2) is 8.11. The number of nitrogens with one attached hydrogen (secondary N) is 3. The fraction of sp³-hybridized carbons (Fsp3) is 0.500. The summed E-state index contributed by atoms with van der Waals surface area (Å²) in [6.45, 7) is 3.04. The average Bonchev–Trinajstić information content (AvgIpc) is 3.29. The van der Waals surface area contributed by atoms with Crippen LogP contribution in [-0.4, -0.2) is 75.8 Å². The number of amides is 1. The number of aromatic nitrogens is 2. The summed E-state index contributed by atoms with van der Waals surface area (Å²) in [5, 5.41) is 25.9. The van der Waals surface area contributed by atoms with Crippen LogP contribution in [0.1, 0.15) is 24.8 Å². The lowest BCUT2D eigenvalue weighted by molar-refractivity contribution is -0.139. The monoisotopic (exact) mass is 362 g/mol. The number of hydrazine groups is 1. The molecule has 0 spiro atoms. The quantitative estimate of drug-likeness (QED) is 0.561. The molecule has 4 N–H and O–H groups in total. The van der Waals surface area contributed by atoms with E-state index in [1.807, 2.05) is 5.01 Å². The molecule has 26 heavy (non-hydrogen) atoms. The number of morpholine rings is 1. The topological polar surface area (TPSA) is 135 Å². The number of nitrogens with zero attached hydrogens (tertiary/aromatic N) is 3. The van der Waals surface area contributed by atoms with Crippen molar-refractivity contribution in [2.24, 2.45) is 0 Å². The summed E-state index contributed by atoms with van der Waals surface area (Å²) in [4.78, 5) is 24.3. The first-order valence-corrected chi connectivity index (χ1v) is 8.49. The van der Waals surface area contributed by atoms with Crippen LogP contribution < -0.4 is 5.43 Å². The van der Waals surface area contributed by atoms with Gasteiger partial charge in [0.15, 0.2) is 0 Å². The summed E-state index contributed by atoms with van der Waals surface area (Å²) in [5.41, 5.74) is 5.59. The summed E-state index contributed by atoms with van der Waals surface area (Å²) in [7, 11) is 0. The second-order valence-electron chi connectivity index (χ2n) is 6.09. The number of hydrogen-bond donors (Lipinski definition) is 4. The predicted octanol–water partition coefficient (Wildman–Crippen LogP) is 0.0320. The van der Waals surface area contributed by atoms with Gasteiger partial charge in [-0.05, 0) is 6.42 Å². The van der Waals surface area contributed by atoms with Crippen LogP contribution in [0.2, 0.25) is 0 Å². The number of ether oxygens (including phenoxy) is 1. The molecule has 1 amide bonds. The Hall–Kier alpha value is -2.72. The number of aliphatic carboxylic acids is 1. The van der Waals surface area contributed by atoms with Crippen LogP contribution in [0.25, 0.3) is 5.70 Å². The zero-order chi connectivity index (χ0) is 18.5. The highest BCUT2D eigenvalue weighted by atomic mass is 16.5. The third-order valence-corrected chi connectivity index (χ3v) is 4.36. The van der Waals surface area contributed by atoms with E-state index in [-0.39, 0.29) is 24.6 Å². The first-order chi connectivity index (χ1) is 12.6. The Morgan fingerprint density at radius 1 is 1.31 bits per heavy atom. The Morgan fingerprint density at radius 2 is 2.08 bits per heavy atom. The van der Waals surface area contributed by atoms with E-state index in [4.69, 9.17) is 15.3 Å². The molecule has 1 aromatic heterocycles. The van der Waals surface area contributed by atoms with Crippen LogP contribution >= 0.6 is 0 Å². The third-order valence-electron chi connectivity index (χ3n) is 4.36. The van der Waals surface area contributed by atoms with E-state index in [0.29, 0.717) is 44.8 Å². The smallest absolute Gasteiger partial charge is 0.303 e. The highest BCUT2D eigenvalue weighted by Crippen LogP contribution is 2.26. The van der Waals surface area contributed by atoms with Crippen molar-refractivity contribution in [2.45, 2.75) is 19.3 Å². The molecule has 3 heterocycles. The Kier molecular flexibility index (Phi) is 5.64. The molecule has 2 fully saturated rings. The minimum Gasteiger partial charge on any atom is -0.481 e. The lowest BCUT2D eigenvalue weighted by Crippen LogP contribution is -2.45. The van der Waals surface area contributed by atoms with E-state index in [0.717, 1.165) is 11.3 Å². The third kappa shape index (κ3) is 4.09. The van der Waals surface area contributed by atoms with E-state index >= 15 is 0 Å². The molecule has 2 aliphatic rings. The number of amidine groups is 1. The molecule has 0 radical (unpaired) electrons. The number of carboxylic acids is 1. The van der Waals surface area contributed by atoms with Crippen molar-refractivity contribution in [2.75, 3.05) is 32.8 Å². The number of carbonyl (C=O) groups excluding carboxylic acids is 1. The number of carbonyl (C=O) groups is 2. The van der Waals surface area contributed by atoms with Crippen LogP contribution in [0.5, 0.6) is 0 Å². The summed E-state index contributed by atoms with van der Waals surface area (Å²) in [5.74, 6) is -1.25. The van der Waals surface area contributed by atoms with Crippen LogP contribution in [0.4, 0.5) is 0 Å². The molecular formula is C16H22N6O4. The fourth-order valence-corrected chi connectivity index (χ4v) is 2.99. The van der Waals surface area contributed by atoms with Gasteiger partial charge in [0.05, 0.1) is 31.5 Å². The van der Waals surface area contributed by atoms with Gasteiger partial charge in [0.1, 0.15) is 5.84 Å². The first kappa shape index (κ1) is 18.1. The van der Waals surface area contributed by atoms with Crippen LogP contribution in [0, 0.1) is 5.41 Å². The number of likely N-dealkylation sites (tertiary alicyclic amines) is 1. The second-order valence-corrected chi connectivity index (χ2v) is 6.09. The summed E-state index contributed by atoms with van der Waals surface area (Å²) in [6.07, 6.45) is 3.58. The molecule has 140 valence electrons. The van der Waals surface area contributed by atoms with Crippen molar-refractivity contribution in [1.82, 2.24) is 25.5 Å². The molecule has 2 aliphatic heterocycles. The molecule has 10 nitrogen and oxygen atoms in total. The minimum atomic E-state index is -1.02. The fourth-order valence-electron chi connectivity index (χ4n) is 2.99. The molecule has 2 saturated heterocycles. The van der Waals surface area contributed by atoms with Gasteiger partial charge in [-0.15, -0.1) is 0 Å². The van der Waals surface area contributed by atoms with Crippen molar-refractivity contribution < 1.29 is 19.4 Å². The number of rotatable bonds is 6. The minimum absolute atomic E-state index is 0.108. The van der Waals surface area contributed by atoms with Gasteiger partial charge in [-0.25, -0.2) is 5.01 Å². The first-order valence-electron chi connectivity index (χ1n) is 8.49. The number of hydrogen-bond acceptors (Lipinski definition) is 7. The van der Waals surface area contributed by atoms with Gasteiger partial charge in [-0.1, -0.05) is 0 Å². The molecule has 10 heteroatoms. The normalized spacial score (nSPS) is 20.3. The van der Waals surface area contributed by atoms with E-state index in [1.54, 1.807) is 12.4 Å². The standard InChI is InChI=1S/C16H22N6O4/c17-16-12(3-4-22(16)13(23)1-2-14(24)25)15(11-9-18-19-10-11)20-21-5-7-26-8-6-21/h9-10,17,20H,1-8H2,(H,18,19)(H,24,25)/b15-12-,17-16?. The molecule has 0 atom stereocenters. The highest BCUT2D eigenvalue weighted by molar-refractivity contribution is 6.11. The zero-order valence-electron chi connectivity index (χ0n) is 14.3. The Labute approximate surface area is 150 Å². The molecule has 1 aromatic rings. The van der Waals surface area contributed by atoms with E-state index < -0.39 is 5.97 Å². The molecule has 3 rings (SSSR count). The van der Waals surface area contributed by atoms with E-state index in [1.165, 1.54) is 4.90 Å². The molecule has 0 aromatic carbocycles. The van der Waals surface area contributed by atoms with Gasteiger partial charge in [0, 0.05) is 43.4 Å². The van der Waals surface area contributed by atoms with Crippen LogP contribution in [0.15, 0.2) is 18.0 Å². The van der Waals surface area contributed by atoms with Gasteiger partial charge in [0.2, 0.25) is 5.91 Å². The summed E-state index contributed by atoms with van der Waals surface area (Å²) >= 11 is 0. The maximum atomic E-state index is 12.2. The van der Waals surface area contributed by atoms with Gasteiger partial charge in [0.25, 0.3) is 0 Å². The summed E-state index contributed by atoms with van der Waals surface area (Å²) in [6, 6.07) is 0. The highest BCUT2D eigenvalue weighted by Gasteiger charge is 2.31. The molecular weight excluding hydrogens is 340 g/mol. The Balaban J connectivity index is 1.80. The van der Waals surface area contributed by atoms with Crippen LogP contribution in [-0.2, 0) is 14.3 Å². The Bertz CT molecular complexity index is 708. The van der Waals surface area contributed by atoms with Crippen LogP contribution in [0.3, 0.4) is 0 Å². The number of carboxylic acid groups (broad SMARTS) is 1. The van der Waals surface area contributed by atoms with Gasteiger partial charge >= 0.3 is 5.97 Å². The van der Waals surface area contributed by atoms with Crippen molar-refractivity contribution >= 4 is 23.4 Å². The van der Waals surface area contributed by atoms with Gasteiger partial charge in [-0.2, -0.15) is 5.10 Å². The van der Waals surface area contributed by atoms with Crippen molar-refractivity contribution in [3.8, 4) is 0 Å². The Morgan fingerprint density at radius 3 is 2.73 bits per heavy atom. The summed E-state index contributed by atoms with van der Waals surface area (Å²) < 4.78 is 5.35. The van der Waals surface area contributed by atoms with Gasteiger partial charge < -0.3 is 15.3 Å². The van der Waals surface area contributed by atoms with E-state index in [9.17, 15) is 9.59 Å². The predicted molar refractivity (Wildman–Crippen MR) is 92.0 cm³/mol. The van der Waals surface area contributed by atoms with Crippen molar-refractivity contribution in [3.63, 3.8) is 0 Å². The van der Waals surface area contributed by atoms with Gasteiger partial charge in [-0.3, -0.25) is 25.0 Å². The number of aromatic amines is 1. The maximum absolute atomic E-state index is 12.2. The molecule has 0 aliphatic carbocycles. The lowest BCUT2D eigenvalue weighted by Gasteiger charge is -2.29. The van der Waals surface area contributed by atoms with E-state index in [2.05, 4.69) is 15.6 Å². The molecule has 0 saturated carbocycles. The molecule has 0 unspecified atom stereocenters. The largest absolute Gasteiger partial charge is 0.481 e. The molecule has 0 bridgehead atoms. The SMILES string of the molecule is N=C1/C(=C(\NN2CCOCC2)c2cn[nH]c2)CCN1C(=O)CCC(=O)O. The lowest BCUT2D eigenvalue weighted by atomic mass is 10.1. The average molecular weight is 362 g/mol. The zero-order valence-corrected chi connectivity index (χ0v) is 14.3. The van der Waals surface area contributed by atoms with Crippen molar-refractivity contribution in [1.29, 1.82) is 5.41 Å².